The minimum Gasteiger partial charge on any atom is -0.469 e. The van der Waals surface area contributed by atoms with Crippen LogP contribution in [0.3, 0.4) is 0 Å². The molecular weight excluding hydrogens is 214 g/mol. The van der Waals surface area contributed by atoms with Crippen LogP contribution >= 0.6 is 11.6 Å². The summed E-state index contributed by atoms with van der Waals surface area (Å²) in [7, 11) is 1.77. The van der Waals surface area contributed by atoms with Crippen LogP contribution in [0.5, 0.6) is 0 Å². The molecular formula is C11H16ClNO2. The van der Waals surface area contributed by atoms with Crippen LogP contribution in [0.4, 0.5) is 0 Å². The van der Waals surface area contributed by atoms with Crippen molar-refractivity contribution in [3.8, 4) is 0 Å². The van der Waals surface area contributed by atoms with E-state index in [0.717, 1.165) is 5.76 Å². The van der Waals surface area contributed by atoms with Gasteiger partial charge in [-0.25, -0.2) is 0 Å². The van der Waals surface area contributed by atoms with Crippen molar-refractivity contribution in [3.05, 3.63) is 24.2 Å². The first kappa shape index (κ1) is 12.1. The highest BCUT2D eigenvalue weighted by molar-refractivity contribution is 6.20. The highest BCUT2D eigenvalue weighted by Gasteiger charge is 2.11. The van der Waals surface area contributed by atoms with Crippen molar-refractivity contribution >= 4 is 17.5 Å². The largest absolute Gasteiger partial charge is 0.469 e. The van der Waals surface area contributed by atoms with Crippen molar-refractivity contribution < 1.29 is 9.21 Å². The standard InChI is InChI=1S/C11H16ClNO2/c1-9(12)8-13(2)11(14)6-5-10-4-3-7-15-10/h3-4,7,9H,5-6,8H2,1-2H3. The molecule has 0 bridgehead atoms. The Kier molecular flexibility index (Phi) is 4.69. The Morgan fingerprint density at radius 1 is 1.67 bits per heavy atom. The number of nitrogens with zero attached hydrogens (tertiary/aromatic N) is 1. The minimum atomic E-state index is -0.0115. The average molecular weight is 230 g/mol. The van der Waals surface area contributed by atoms with E-state index in [1.165, 1.54) is 0 Å². The monoisotopic (exact) mass is 229 g/mol. The molecule has 1 unspecified atom stereocenters. The lowest BCUT2D eigenvalue weighted by Crippen LogP contribution is -2.31. The fraction of sp³-hybridized carbons (Fsp3) is 0.545. The molecule has 0 fully saturated rings. The lowest BCUT2D eigenvalue weighted by molar-refractivity contribution is -0.129. The molecule has 0 saturated carbocycles. The molecule has 0 aliphatic carbocycles. The summed E-state index contributed by atoms with van der Waals surface area (Å²) in [6, 6.07) is 3.70. The molecule has 0 radical (unpaired) electrons. The number of carbonyl (C=O) groups is 1. The van der Waals surface area contributed by atoms with Gasteiger partial charge in [0.25, 0.3) is 0 Å². The minimum absolute atomic E-state index is 0.0115. The second kappa shape index (κ2) is 5.81. The van der Waals surface area contributed by atoms with Gasteiger partial charge in [-0.2, -0.15) is 0 Å². The quantitative estimate of drug-likeness (QED) is 0.726. The van der Waals surface area contributed by atoms with Crippen LogP contribution in [0.25, 0.3) is 0 Å². The summed E-state index contributed by atoms with van der Waals surface area (Å²) in [5, 5.41) is -0.0115. The zero-order valence-corrected chi connectivity index (χ0v) is 9.83. The van der Waals surface area contributed by atoms with Crippen molar-refractivity contribution in [2.24, 2.45) is 0 Å². The zero-order chi connectivity index (χ0) is 11.3. The van der Waals surface area contributed by atoms with Gasteiger partial charge in [0.15, 0.2) is 0 Å². The molecule has 1 rings (SSSR count). The van der Waals surface area contributed by atoms with E-state index in [2.05, 4.69) is 0 Å². The molecule has 0 spiro atoms. The normalized spacial score (nSPS) is 12.5. The molecule has 1 aromatic heterocycles. The fourth-order valence-electron chi connectivity index (χ4n) is 1.36. The van der Waals surface area contributed by atoms with Crippen molar-refractivity contribution in [1.29, 1.82) is 0 Å². The van der Waals surface area contributed by atoms with E-state index in [9.17, 15) is 4.79 Å². The van der Waals surface area contributed by atoms with Crippen LogP contribution < -0.4 is 0 Å². The Labute approximate surface area is 95.0 Å². The first-order valence-electron chi connectivity index (χ1n) is 5.00. The van der Waals surface area contributed by atoms with Crippen LogP contribution in [-0.4, -0.2) is 29.8 Å². The van der Waals surface area contributed by atoms with Gasteiger partial charge in [-0.15, -0.1) is 11.6 Å². The number of carbonyl (C=O) groups excluding carboxylic acids is 1. The van der Waals surface area contributed by atoms with Crippen molar-refractivity contribution in [2.45, 2.75) is 25.1 Å². The second-order valence-electron chi connectivity index (χ2n) is 3.63. The van der Waals surface area contributed by atoms with Crippen molar-refractivity contribution in [3.63, 3.8) is 0 Å². The molecule has 4 heteroatoms. The number of halogens is 1. The second-order valence-corrected chi connectivity index (χ2v) is 4.38. The van der Waals surface area contributed by atoms with E-state index in [1.807, 2.05) is 19.1 Å². The first-order valence-corrected chi connectivity index (χ1v) is 5.43. The zero-order valence-electron chi connectivity index (χ0n) is 9.07. The Morgan fingerprint density at radius 3 is 2.93 bits per heavy atom. The number of furan rings is 1. The van der Waals surface area contributed by atoms with Gasteiger partial charge in [0, 0.05) is 31.8 Å². The number of alkyl halides is 1. The van der Waals surface area contributed by atoms with Crippen molar-refractivity contribution in [1.82, 2.24) is 4.90 Å². The third-order valence-corrected chi connectivity index (χ3v) is 2.25. The van der Waals surface area contributed by atoms with Gasteiger partial charge < -0.3 is 9.32 Å². The highest BCUT2D eigenvalue weighted by Crippen LogP contribution is 2.06. The summed E-state index contributed by atoms with van der Waals surface area (Å²) in [4.78, 5) is 13.3. The lowest BCUT2D eigenvalue weighted by Gasteiger charge is -2.17. The topological polar surface area (TPSA) is 33.5 Å². The van der Waals surface area contributed by atoms with Crippen LogP contribution in [0.2, 0.25) is 0 Å². The number of amides is 1. The van der Waals surface area contributed by atoms with Crippen LogP contribution in [-0.2, 0) is 11.2 Å². The van der Waals surface area contributed by atoms with Crippen molar-refractivity contribution in [2.75, 3.05) is 13.6 Å². The molecule has 0 aliphatic rings. The maximum atomic E-state index is 11.6. The van der Waals surface area contributed by atoms with E-state index < -0.39 is 0 Å². The fourth-order valence-corrected chi connectivity index (χ4v) is 1.56. The average Bonchev–Trinajstić information content (AvgIpc) is 2.65. The van der Waals surface area contributed by atoms with Gasteiger partial charge >= 0.3 is 0 Å². The number of aryl methyl sites for hydroxylation is 1. The summed E-state index contributed by atoms with van der Waals surface area (Å²) in [6.45, 7) is 2.45. The lowest BCUT2D eigenvalue weighted by atomic mass is 10.2. The molecule has 1 atom stereocenters. The van der Waals surface area contributed by atoms with Gasteiger partial charge in [0.2, 0.25) is 5.91 Å². The maximum absolute atomic E-state index is 11.6. The Morgan fingerprint density at radius 2 is 2.40 bits per heavy atom. The SMILES string of the molecule is CC(Cl)CN(C)C(=O)CCc1ccco1. The molecule has 84 valence electrons. The maximum Gasteiger partial charge on any atom is 0.222 e. The van der Waals surface area contributed by atoms with E-state index in [-0.39, 0.29) is 11.3 Å². The summed E-state index contributed by atoms with van der Waals surface area (Å²) in [5.74, 6) is 0.939. The van der Waals surface area contributed by atoms with Crippen LogP contribution in [0.1, 0.15) is 19.1 Å². The Balaban J connectivity index is 2.29. The van der Waals surface area contributed by atoms with E-state index in [1.54, 1.807) is 18.2 Å². The molecule has 1 amide bonds. The molecule has 1 aromatic rings. The Hall–Kier alpha value is -0.960. The molecule has 3 nitrogen and oxygen atoms in total. The molecule has 15 heavy (non-hydrogen) atoms. The third kappa shape index (κ3) is 4.38. The third-order valence-electron chi connectivity index (χ3n) is 2.12. The van der Waals surface area contributed by atoms with E-state index in [4.69, 9.17) is 16.0 Å². The predicted octanol–water partition coefficient (Wildman–Crippen LogP) is 2.30. The number of hydrogen-bond acceptors (Lipinski definition) is 2. The van der Waals surface area contributed by atoms with Gasteiger partial charge in [-0.05, 0) is 19.1 Å². The summed E-state index contributed by atoms with van der Waals surface area (Å²) >= 11 is 5.80. The molecule has 0 aromatic carbocycles. The van der Waals surface area contributed by atoms with E-state index in [0.29, 0.717) is 19.4 Å². The van der Waals surface area contributed by atoms with Gasteiger partial charge in [0.1, 0.15) is 5.76 Å². The molecule has 0 N–H and O–H groups in total. The van der Waals surface area contributed by atoms with Gasteiger partial charge in [-0.1, -0.05) is 0 Å². The number of rotatable bonds is 5. The summed E-state index contributed by atoms with van der Waals surface area (Å²) < 4.78 is 5.15. The Bertz CT molecular complexity index is 296. The molecule has 1 heterocycles. The van der Waals surface area contributed by atoms with Crippen LogP contribution in [0.15, 0.2) is 22.8 Å². The number of hydrogen-bond donors (Lipinski definition) is 0. The van der Waals surface area contributed by atoms with E-state index >= 15 is 0 Å². The van der Waals surface area contributed by atoms with Gasteiger partial charge in [-0.3, -0.25) is 4.79 Å². The van der Waals surface area contributed by atoms with Gasteiger partial charge in [0.05, 0.1) is 6.26 Å². The first-order chi connectivity index (χ1) is 7.09. The van der Waals surface area contributed by atoms with Crippen LogP contribution in [0, 0.1) is 0 Å². The highest BCUT2D eigenvalue weighted by atomic mass is 35.5. The predicted molar refractivity (Wildman–Crippen MR) is 60.0 cm³/mol. The summed E-state index contributed by atoms with van der Waals surface area (Å²) in [6.07, 6.45) is 2.73. The summed E-state index contributed by atoms with van der Waals surface area (Å²) in [5.41, 5.74) is 0. The molecule has 0 aliphatic heterocycles. The molecule has 0 saturated heterocycles. The smallest absolute Gasteiger partial charge is 0.222 e.